The summed E-state index contributed by atoms with van der Waals surface area (Å²) in [6.07, 6.45) is 0.921. The topological polar surface area (TPSA) is 38.8 Å². The van der Waals surface area contributed by atoms with Crippen LogP contribution in [0.4, 0.5) is 10.5 Å². The van der Waals surface area contributed by atoms with E-state index in [1.165, 1.54) is 11.1 Å². The second-order valence-electron chi connectivity index (χ2n) is 8.11. The average molecular weight is 379 g/mol. The molecule has 2 aromatic rings. The molecule has 0 saturated carbocycles. The number of carbonyl (C=O) groups is 1. The summed E-state index contributed by atoms with van der Waals surface area (Å²) in [7, 11) is 2.18. The Kier molecular flexibility index (Phi) is 5.64. The molecule has 2 aliphatic rings. The first-order valence-electron chi connectivity index (χ1n) is 10.2. The Bertz CT molecular complexity index is 812. The van der Waals surface area contributed by atoms with Crippen LogP contribution in [0, 0.1) is 0 Å². The number of hydrogen-bond donors (Lipinski definition) is 1. The summed E-state index contributed by atoms with van der Waals surface area (Å²) in [5.74, 6) is 0. The highest BCUT2D eigenvalue weighted by Gasteiger charge is 2.30. The van der Waals surface area contributed by atoms with Crippen LogP contribution in [0.1, 0.15) is 23.6 Å². The summed E-state index contributed by atoms with van der Waals surface area (Å²) in [6.45, 7) is 8.20. The van der Waals surface area contributed by atoms with E-state index in [0.717, 1.165) is 50.4 Å². The number of para-hydroxylation sites is 1. The van der Waals surface area contributed by atoms with Gasteiger partial charge in [-0.1, -0.05) is 42.5 Å². The Balaban J connectivity index is 1.31. The van der Waals surface area contributed by atoms with Crippen LogP contribution in [0.3, 0.4) is 0 Å². The first-order chi connectivity index (χ1) is 13.6. The zero-order valence-corrected chi connectivity index (χ0v) is 16.9. The highest BCUT2D eigenvalue weighted by Crippen LogP contribution is 2.31. The molecule has 0 aliphatic carbocycles. The van der Waals surface area contributed by atoms with Crippen LogP contribution in [-0.2, 0) is 19.5 Å². The Hall–Kier alpha value is -2.37. The second-order valence-corrected chi connectivity index (χ2v) is 8.11. The summed E-state index contributed by atoms with van der Waals surface area (Å²) in [6, 6.07) is 17.0. The van der Waals surface area contributed by atoms with Crippen molar-refractivity contribution < 1.29 is 4.79 Å². The molecule has 1 fully saturated rings. The minimum absolute atomic E-state index is 0.0148. The van der Waals surface area contributed by atoms with Crippen LogP contribution in [0.5, 0.6) is 0 Å². The van der Waals surface area contributed by atoms with E-state index in [0.29, 0.717) is 6.54 Å². The number of nitrogens with zero attached hydrogens (tertiary/aromatic N) is 3. The third kappa shape index (κ3) is 4.21. The lowest BCUT2D eigenvalue weighted by Gasteiger charge is -2.32. The maximum atomic E-state index is 12.8. The van der Waals surface area contributed by atoms with Gasteiger partial charge < -0.3 is 10.2 Å². The van der Waals surface area contributed by atoms with Gasteiger partial charge in [-0.05, 0) is 43.1 Å². The van der Waals surface area contributed by atoms with Crippen molar-refractivity contribution in [2.75, 3.05) is 38.1 Å². The van der Waals surface area contributed by atoms with Gasteiger partial charge in [0.05, 0.1) is 0 Å². The van der Waals surface area contributed by atoms with Gasteiger partial charge in [-0.2, -0.15) is 0 Å². The predicted octanol–water partition coefficient (Wildman–Crippen LogP) is 3.09. The number of carbonyl (C=O) groups excluding carboxylic acids is 1. The lowest BCUT2D eigenvalue weighted by molar-refractivity contribution is 0.148. The number of anilines is 1. The lowest BCUT2D eigenvalue weighted by atomic mass is 10.1. The number of hydrogen-bond acceptors (Lipinski definition) is 3. The fraction of sp³-hybridized carbons (Fsp3) is 0.435. The standard InChI is InChI=1S/C23H30N4O/c1-18-15-21-5-3-4-6-22(21)27(18)23(28)24-16-19-7-9-20(10-8-19)17-26-13-11-25(2)12-14-26/h3-10,18H,11-17H2,1-2H3,(H,24,28). The van der Waals surface area contributed by atoms with Crippen LogP contribution >= 0.6 is 0 Å². The van der Waals surface area contributed by atoms with E-state index in [1.54, 1.807) is 0 Å². The highest BCUT2D eigenvalue weighted by atomic mass is 16.2. The number of urea groups is 1. The molecule has 0 radical (unpaired) electrons. The first kappa shape index (κ1) is 19.0. The lowest BCUT2D eigenvalue weighted by Crippen LogP contribution is -2.43. The summed E-state index contributed by atoms with van der Waals surface area (Å²) >= 11 is 0. The van der Waals surface area contributed by atoms with Crippen molar-refractivity contribution in [2.45, 2.75) is 32.5 Å². The molecule has 2 aromatic carbocycles. The maximum Gasteiger partial charge on any atom is 0.322 e. The van der Waals surface area contributed by atoms with Gasteiger partial charge >= 0.3 is 6.03 Å². The number of amides is 2. The molecule has 5 nitrogen and oxygen atoms in total. The summed E-state index contributed by atoms with van der Waals surface area (Å²) in [5.41, 5.74) is 4.76. The normalized spacial score (nSPS) is 20.2. The van der Waals surface area contributed by atoms with Gasteiger partial charge in [0.15, 0.2) is 0 Å². The van der Waals surface area contributed by atoms with Gasteiger partial charge in [0, 0.05) is 51.0 Å². The number of fused-ring (bicyclic) bond motifs is 1. The molecule has 5 heteroatoms. The number of benzene rings is 2. The van der Waals surface area contributed by atoms with Crippen molar-refractivity contribution in [1.29, 1.82) is 0 Å². The third-order valence-electron chi connectivity index (χ3n) is 5.89. The van der Waals surface area contributed by atoms with Gasteiger partial charge in [-0.15, -0.1) is 0 Å². The Morgan fingerprint density at radius 3 is 2.43 bits per heavy atom. The van der Waals surface area contributed by atoms with Crippen LogP contribution < -0.4 is 10.2 Å². The van der Waals surface area contributed by atoms with E-state index in [-0.39, 0.29) is 12.1 Å². The first-order valence-corrected chi connectivity index (χ1v) is 10.2. The molecule has 148 valence electrons. The minimum atomic E-state index is -0.0148. The van der Waals surface area contributed by atoms with Crippen molar-refractivity contribution in [3.63, 3.8) is 0 Å². The van der Waals surface area contributed by atoms with Gasteiger partial charge in [-0.3, -0.25) is 9.80 Å². The monoisotopic (exact) mass is 378 g/mol. The number of nitrogens with one attached hydrogen (secondary N) is 1. The van der Waals surface area contributed by atoms with Crippen LogP contribution in [0.25, 0.3) is 0 Å². The molecule has 0 spiro atoms. The van der Waals surface area contributed by atoms with Crippen LogP contribution in [0.2, 0.25) is 0 Å². The Morgan fingerprint density at radius 1 is 1.00 bits per heavy atom. The molecule has 4 rings (SSSR count). The SMILES string of the molecule is CC1Cc2ccccc2N1C(=O)NCc1ccc(CN2CCN(C)CC2)cc1. The van der Waals surface area contributed by atoms with E-state index >= 15 is 0 Å². The highest BCUT2D eigenvalue weighted by molar-refractivity contribution is 5.94. The molecule has 2 aliphatic heterocycles. The number of rotatable bonds is 4. The van der Waals surface area contributed by atoms with Crippen molar-refractivity contribution in [3.8, 4) is 0 Å². The largest absolute Gasteiger partial charge is 0.334 e. The molecule has 0 bridgehead atoms. The van der Waals surface area contributed by atoms with Gasteiger partial charge in [-0.25, -0.2) is 4.79 Å². The smallest absolute Gasteiger partial charge is 0.322 e. The fourth-order valence-corrected chi connectivity index (χ4v) is 4.16. The molecule has 2 heterocycles. The minimum Gasteiger partial charge on any atom is -0.334 e. The predicted molar refractivity (Wildman–Crippen MR) is 114 cm³/mol. The van der Waals surface area contributed by atoms with Crippen molar-refractivity contribution >= 4 is 11.7 Å². The molecule has 0 aromatic heterocycles. The van der Waals surface area contributed by atoms with Crippen molar-refractivity contribution in [3.05, 3.63) is 65.2 Å². The average Bonchev–Trinajstić information content (AvgIpc) is 3.05. The van der Waals surface area contributed by atoms with E-state index in [2.05, 4.69) is 59.4 Å². The van der Waals surface area contributed by atoms with Gasteiger partial charge in [0.25, 0.3) is 0 Å². The number of likely N-dealkylation sites (N-methyl/N-ethyl adjacent to an activating group) is 1. The Morgan fingerprint density at radius 2 is 1.68 bits per heavy atom. The molecule has 1 N–H and O–H groups in total. The molecule has 1 unspecified atom stereocenters. The molecular formula is C23H30N4O. The maximum absolute atomic E-state index is 12.8. The number of piperazine rings is 1. The van der Waals surface area contributed by atoms with E-state index in [9.17, 15) is 4.79 Å². The van der Waals surface area contributed by atoms with E-state index in [4.69, 9.17) is 0 Å². The quantitative estimate of drug-likeness (QED) is 0.889. The van der Waals surface area contributed by atoms with Crippen molar-refractivity contribution in [1.82, 2.24) is 15.1 Å². The van der Waals surface area contributed by atoms with Gasteiger partial charge in [0.2, 0.25) is 0 Å². The second kappa shape index (κ2) is 8.33. The van der Waals surface area contributed by atoms with Crippen molar-refractivity contribution in [2.24, 2.45) is 0 Å². The molecule has 28 heavy (non-hydrogen) atoms. The van der Waals surface area contributed by atoms with E-state index < -0.39 is 0 Å². The zero-order valence-electron chi connectivity index (χ0n) is 16.9. The summed E-state index contributed by atoms with van der Waals surface area (Å²) in [4.78, 5) is 19.5. The molecular weight excluding hydrogens is 348 g/mol. The van der Waals surface area contributed by atoms with Crippen LogP contribution in [-0.4, -0.2) is 55.1 Å². The molecule has 1 saturated heterocycles. The summed E-state index contributed by atoms with van der Waals surface area (Å²) in [5, 5.41) is 3.09. The molecule has 1 atom stereocenters. The van der Waals surface area contributed by atoms with E-state index in [1.807, 2.05) is 23.1 Å². The third-order valence-corrected chi connectivity index (χ3v) is 5.89. The molecule has 2 amide bonds. The van der Waals surface area contributed by atoms with Gasteiger partial charge in [0.1, 0.15) is 0 Å². The zero-order chi connectivity index (χ0) is 19.5. The van der Waals surface area contributed by atoms with Crippen LogP contribution in [0.15, 0.2) is 48.5 Å². The fourth-order valence-electron chi connectivity index (χ4n) is 4.16. The summed E-state index contributed by atoms with van der Waals surface area (Å²) < 4.78 is 0. The Labute approximate surface area is 167 Å².